The van der Waals surface area contributed by atoms with Crippen LogP contribution in [0, 0.1) is 0 Å². The quantitative estimate of drug-likeness (QED) is 0.603. The van der Waals surface area contributed by atoms with Crippen LogP contribution in [-0.4, -0.2) is 15.5 Å². The van der Waals surface area contributed by atoms with Crippen LogP contribution in [0.25, 0.3) is 11.0 Å². The summed E-state index contributed by atoms with van der Waals surface area (Å²) in [6.07, 6.45) is 0. The van der Waals surface area contributed by atoms with E-state index in [1.165, 1.54) is 0 Å². The highest BCUT2D eigenvalue weighted by atomic mass is 16.2. The third kappa shape index (κ3) is 2.23. The average Bonchev–Trinajstić information content (AvgIpc) is 3.08. The van der Waals surface area contributed by atoms with Crippen molar-refractivity contribution in [1.82, 2.24) is 14.9 Å². The van der Waals surface area contributed by atoms with Gasteiger partial charge >= 0.3 is 0 Å². The standard InChI is InChI=1S/C22H17N3O/c26-22-20(16-11-5-2-6-12-16)25-18-14-8-7-13-17(18)23-21(25)19(24-22)15-9-3-1-4-10-15/h1-14,19-20H,(H,24,26). The van der Waals surface area contributed by atoms with Crippen LogP contribution >= 0.6 is 0 Å². The molecule has 0 aliphatic carbocycles. The molecule has 126 valence electrons. The van der Waals surface area contributed by atoms with Crippen molar-refractivity contribution in [2.24, 2.45) is 0 Å². The Morgan fingerprint density at radius 3 is 2.12 bits per heavy atom. The summed E-state index contributed by atoms with van der Waals surface area (Å²) in [6.45, 7) is 0. The number of amides is 1. The van der Waals surface area contributed by atoms with E-state index in [1.807, 2.05) is 84.9 Å². The molecule has 26 heavy (non-hydrogen) atoms. The van der Waals surface area contributed by atoms with Crippen molar-refractivity contribution in [2.45, 2.75) is 12.1 Å². The number of fused-ring (bicyclic) bond motifs is 3. The van der Waals surface area contributed by atoms with Crippen LogP contribution in [0.15, 0.2) is 84.9 Å². The van der Waals surface area contributed by atoms with E-state index in [4.69, 9.17) is 4.98 Å². The van der Waals surface area contributed by atoms with Gasteiger partial charge in [0.25, 0.3) is 0 Å². The summed E-state index contributed by atoms with van der Waals surface area (Å²) in [5, 5.41) is 3.18. The number of aromatic nitrogens is 2. The highest BCUT2D eigenvalue weighted by Gasteiger charge is 2.37. The van der Waals surface area contributed by atoms with Gasteiger partial charge in [0.05, 0.1) is 11.0 Å². The number of imidazole rings is 1. The Kier molecular flexibility index (Phi) is 3.35. The summed E-state index contributed by atoms with van der Waals surface area (Å²) in [5.74, 6) is 0.853. The largest absolute Gasteiger partial charge is 0.340 e. The van der Waals surface area contributed by atoms with E-state index in [2.05, 4.69) is 9.88 Å². The Hall–Kier alpha value is -3.40. The number of benzene rings is 3. The van der Waals surface area contributed by atoms with Crippen molar-refractivity contribution in [3.05, 3.63) is 102 Å². The van der Waals surface area contributed by atoms with E-state index >= 15 is 0 Å². The zero-order chi connectivity index (χ0) is 17.5. The molecule has 4 nitrogen and oxygen atoms in total. The molecule has 0 saturated carbocycles. The Bertz CT molecular complexity index is 1090. The molecule has 2 unspecified atom stereocenters. The zero-order valence-electron chi connectivity index (χ0n) is 14.0. The van der Waals surface area contributed by atoms with Gasteiger partial charge in [0.2, 0.25) is 5.91 Å². The van der Waals surface area contributed by atoms with Crippen molar-refractivity contribution in [3.63, 3.8) is 0 Å². The van der Waals surface area contributed by atoms with E-state index in [0.29, 0.717) is 0 Å². The lowest BCUT2D eigenvalue weighted by atomic mass is 9.98. The Morgan fingerprint density at radius 2 is 1.38 bits per heavy atom. The molecular weight excluding hydrogens is 322 g/mol. The van der Waals surface area contributed by atoms with Crippen molar-refractivity contribution in [3.8, 4) is 0 Å². The summed E-state index contributed by atoms with van der Waals surface area (Å²) in [4.78, 5) is 18.0. The highest BCUT2D eigenvalue weighted by molar-refractivity contribution is 5.89. The molecule has 0 spiro atoms. The number of nitrogens with zero attached hydrogens (tertiary/aromatic N) is 2. The maximum atomic E-state index is 13.1. The van der Waals surface area contributed by atoms with Crippen molar-refractivity contribution < 1.29 is 4.79 Å². The molecule has 4 aromatic rings. The third-order valence-corrected chi connectivity index (χ3v) is 4.92. The first-order valence-electron chi connectivity index (χ1n) is 8.70. The molecule has 0 fully saturated rings. The van der Waals surface area contributed by atoms with E-state index in [1.54, 1.807) is 0 Å². The summed E-state index contributed by atoms with van der Waals surface area (Å²) in [5.41, 5.74) is 3.87. The second kappa shape index (κ2) is 5.85. The predicted molar refractivity (Wildman–Crippen MR) is 101 cm³/mol. The van der Waals surface area contributed by atoms with Crippen LogP contribution in [0.4, 0.5) is 0 Å². The summed E-state index contributed by atoms with van der Waals surface area (Å²) < 4.78 is 2.08. The Labute approximate surface area is 151 Å². The molecule has 1 aliphatic heterocycles. The number of para-hydroxylation sites is 2. The predicted octanol–water partition coefficient (Wildman–Crippen LogP) is 3.84. The number of carbonyl (C=O) groups excluding carboxylic acids is 1. The lowest BCUT2D eigenvalue weighted by Crippen LogP contribution is -2.43. The molecule has 1 aromatic heterocycles. The summed E-state index contributed by atoms with van der Waals surface area (Å²) in [6, 6.07) is 27.2. The maximum Gasteiger partial charge on any atom is 0.248 e. The van der Waals surface area contributed by atoms with Gasteiger partial charge in [-0.25, -0.2) is 4.98 Å². The van der Waals surface area contributed by atoms with Crippen molar-refractivity contribution >= 4 is 16.9 Å². The fourth-order valence-electron chi connectivity index (χ4n) is 3.75. The van der Waals surface area contributed by atoms with E-state index in [0.717, 1.165) is 28.0 Å². The second-order valence-corrected chi connectivity index (χ2v) is 6.49. The lowest BCUT2D eigenvalue weighted by Gasteiger charge is -2.32. The van der Waals surface area contributed by atoms with E-state index in [9.17, 15) is 4.79 Å². The molecule has 0 bridgehead atoms. The minimum atomic E-state index is -0.418. The zero-order valence-corrected chi connectivity index (χ0v) is 14.0. The van der Waals surface area contributed by atoms with Crippen LogP contribution in [0.1, 0.15) is 29.0 Å². The van der Waals surface area contributed by atoms with Crippen LogP contribution < -0.4 is 5.32 Å². The summed E-state index contributed by atoms with van der Waals surface area (Å²) in [7, 11) is 0. The van der Waals surface area contributed by atoms with Gasteiger partial charge in [-0.2, -0.15) is 0 Å². The van der Waals surface area contributed by atoms with Gasteiger partial charge < -0.3 is 9.88 Å². The summed E-state index contributed by atoms with van der Waals surface area (Å²) >= 11 is 0. The molecule has 5 rings (SSSR count). The normalized spacial score (nSPS) is 19.2. The highest BCUT2D eigenvalue weighted by Crippen LogP contribution is 2.35. The van der Waals surface area contributed by atoms with Gasteiger partial charge in [-0.3, -0.25) is 4.79 Å². The van der Waals surface area contributed by atoms with Crippen LogP contribution in [0.3, 0.4) is 0 Å². The van der Waals surface area contributed by atoms with Gasteiger partial charge in [-0.1, -0.05) is 72.8 Å². The average molecular weight is 339 g/mol. The van der Waals surface area contributed by atoms with Gasteiger partial charge in [0.1, 0.15) is 17.9 Å². The van der Waals surface area contributed by atoms with Gasteiger partial charge in [-0.05, 0) is 23.3 Å². The molecule has 1 amide bonds. The number of carbonyl (C=O) groups is 1. The minimum absolute atomic E-state index is 0.0132. The van der Waals surface area contributed by atoms with Crippen LogP contribution in [0.2, 0.25) is 0 Å². The minimum Gasteiger partial charge on any atom is -0.340 e. The molecular formula is C22H17N3O. The molecule has 1 aliphatic rings. The number of nitrogens with one attached hydrogen (secondary N) is 1. The third-order valence-electron chi connectivity index (χ3n) is 4.92. The maximum absolute atomic E-state index is 13.1. The molecule has 1 N–H and O–H groups in total. The first kappa shape index (κ1) is 14.9. The molecule has 0 saturated heterocycles. The van der Waals surface area contributed by atoms with E-state index in [-0.39, 0.29) is 11.9 Å². The second-order valence-electron chi connectivity index (χ2n) is 6.49. The number of hydrogen-bond acceptors (Lipinski definition) is 2. The van der Waals surface area contributed by atoms with Gasteiger partial charge in [0.15, 0.2) is 0 Å². The molecule has 2 heterocycles. The lowest BCUT2D eigenvalue weighted by molar-refractivity contribution is -0.124. The Balaban J connectivity index is 1.78. The molecule has 3 aromatic carbocycles. The van der Waals surface area contributed by atoms with Gasteiger partial charge in [0, 0.05) is 0 Å². The monoisotopic (exact) mass is 339 g/mol. The van der Waals surface area contributed by atoms with Crippen LogP contribution in [-0.2, 0) is 4.79 Å². The fraction of sp³-hybridized carbons (Fsp3) is 0.0909. The topological polar surface area (TPSA) is 46.9 Å². The molecule has 4 heteroatoms. The smallest absolute Gasteiger partial charge is 0.248 e. The van der Waals surface area contributed by atoms with E-state index < -0.39 is 6.04 Å². The van der Waals surface area contributed by atoms with Crippen LogP contribution in [0.5, 0.6) is 0 Å². The first-order chi connectivity index (χ1) is 12.8. The first-order valence-corrected chi connectivity index (χ1v) is 8.70. The molecule has 0 radical (unpaired) electrons. The Morgan fingerprint density at radius 1 is 0.769 bits per heavy atom. The number of rotatable bonds is 2. The van der Waals surface area contributed by atoms with Gasteiger partial charge in [-0.15, -0.1) is 0 Å². The fourth-order valence-corrected chi connectivity index (χ4v) is 3.75. The van der Waals surface area contributed by atoms with Crippen molar-refractivity contribution in [2.75, 3.05) is 0 Å². The number of hydrogen-bond donors (Lipinski definition) is 1. The molecule has 2 atom stereocenters. The SMILES string of the molecule is O=C1NC(c2ccccc2)c2nc3ccccc3n2C1c1ccccc1. The van der Waals surface area contributed by atoms with Crippen molar-refractivity contribution in [1.29, 1.82) is 0 Å².